The van der Waals surface area contributed by atoms with E-state index in [2.05, 4.69) is 20.5 Å². The van der Waals surface area contributed by atoms with Gasteiger partial charge in [0.1, 0.15) is 0 Å². The molecule has 0 spiro atoms. The lowest BCUT2D eigenvalue weighted by atomic mass is 10.2. The molecule has 0 aliphatic rings. The first-order valence-electron chi connectivity index (χ1n) is 4.46. The zero-order chi connectivity index (χ0) is 10.4. The lowest BCUT2D eigenvalue weighted by Crippen LogP contribution is -2.10. The summed E-state index contributed by atoms with van der Waals surface area (Å²) in [5.74, 6) is 0.359. The number of tetrazole rings is 1. The number of benzene rings is 1. The van der Waals surface area contributed by atoms with E-state index < -0.39 is 0 Å². The van der Waals surface area contributed by atoms with Gasteiger partial charge in [-0.05, 0) is 35.0 Å². The third-order valence-electron chi connectivity index (χ3n) is 2.32. The third-order valence-corrected chi connectivity index (χ3v) is 2.32. The molecule has 1 aromatic carbocycles. The van der Waals surface area contributed by atoms with Crippen LogP contribution in [-0.4, -0.2) is 25.0 Å². The van der Waals surface area contributed by atoms with Gasteiger partial charge in [-0.1, -0.05) is 11.2 Å². The van der Waals surface area contributed by atoms with Crippen LogP contribution in [-0.2, 0) is 0 Å². The molecule has 1 N–H and O–H groups in total. The molecule has 2 heterocycles. The number of aromatic nitrogens is 5. The Kier molecular flexibility index (Phi) is 1.42. The Bertz CT molecular complexity index is 711. The van der Waals surface area contributed by atoms with Crippen LogP contribution >= 0.6 is 0 Å². The molecule has 0 amide bonds. The van der Waals surface area contributed by atoms with Gasteiger partial charge in [0, 0.05) is 0 Å². The predicted octanol–water partition coefficient (Wildman–Crippen LogP) is 0.274. The zero-order valence-electron chi connectivity index (χ0n) is 7.93. The van der Waals surface area contributed by atoms with Crippen LogP contribution in [0.3, 0.4) is 0 Å². The molecule has 3 rings (SSSR count). The molecule has 0 radical (unpaired) electrons. The Hall–Kier alpha value is -2.24. The minimum atomic E-state index is -0.174. The van der Waals surface area contributed by atoms with Crippen molar-refractivity contribution in [2.45, 2.75) is 6.92 Å². The molecule has 0 aliphatic carbocycles. The highest BCUT2D eigenvalue weighted by atomic mass is 16.1. The van der Waals surface area contributed by atoms with E-state index in [-0.39, 0.29) is 5.56 Å². The van der Waals surface area contributed by atoms with Crippen LogP contribution in [0.1, 0.15) is 5.56 Å². The van der Waals surface area contributed by atoms with E-state index in [9.17, 15) is 4.79 Å². The molecule has 0 saturated heterocycles. The second-order valence-electron chi connectivity index (χ2n) is 3.39. The minimum Gasteiger partial charge on any atom is -0.289 e. The van der Waals surface area contributed by atoms with E-state index in [1.54, 1.807) is 6.07 Å². The molecule has 6 heteroatoms. The normalized spacial score (nSPS) is 11.3. The Morgan fingerprint density at radius 1 is 1.40 bits per heavy atom. The van der Waals surface area contributed by atoms with Gasteiger partial charge in [-0.15, -0.1) is 0 Å². The van der Waals surface area contributed by atoms with Crippen molar-refractivity contribution in [3.63, 3.8) is 0 Å². The largest absolute Gasteiger partial charge is 0.289 e. The number of nitrogens with zero attached hydrogens (tertiary/aromatic N) is 4. The number of rotatable bonds is 0. The average molecular weight is 201 g/mol. The number of fused-ring (bicyclic) bond motifs is 3. The summed E-state index contributed by atoms with van der Waals surface area (Å²) in [5, 5.41) is 11.6. The number of H-pyrrole nitrogens is 1. The minimum absolute atomic E-state index is 0.174. The van der Waals surface area contributed by atoms with Crippen LogP contribution in [0.15, 0.2) is 23.0 Å². The fraction of sp³-hybridized carbons (Fsp3) is 0.111. The van der Waals surface area contributed by atoms with Gasteiger partial charge in [-0.3, -0.25) is 9.78 Å². The average Bonchev–Trinajstić information content (AvgIpc) is 2.65. The number of aromatic amines is 1. The third kappa shape index (κ3) is 1.04. The monoisotopic (exact) mass is 201 g/mol. The van der Waals surface area contributed by atoms with Crippen molar-refractivity contribution in [3.8, 4) is 0 Å². The number of aryl methyl sites for hydroxylation is 1. The van der Waals surface area contributed by atoms with Crippen molar-refractivity contribution < 1.29 is 0 Å². The number of hydrogen-bond acceptors (Lipinski definition) is 4. The van der Waals surface area contributed by atoms with Gasteiger partial charge in [-0.25, -0.2) is 0 Å². The van der Waals surface area contributed by atoms with E-state index in [4.69, 9.17) is 0 Å². The summed E-state index contributed by atoms with van der Waals surface area (Å²) in [5.41, 5.74) is 1.61. The SMILES string of the molecule is Cc1ccc2c(=O)[nH]c3nnnn3c2c1. The molecule has 0 unspecified atom stereocenters. The molecular weight excluding hydrogens is 194 g/mol. The maximum Gasteiger partial charge on any atom is 0.260 e. The fourth-order valence-electron chi connectivity index (χ4n) is 1.61. The maximum atomic E-state index is 11.6. The summed E-state index contributed by atoms with van der Waals surface area (Å²) < 4.78 is 1.52. The van der Waals surface area contributed by atoms with E-state index in [1.165, 1.54) is 4.52 Å². The van der Waals surface area contributed by atoms with Gasteiger partial charge in [0.05, 0.1) is 10.9 Å². The molecule has 0 atom stereocenters. The van der Waals surface area contributed by atoms with Gasteiger partial charge in [-0.2, -0.15) is 4.52 Å². The molecular formula is C9H7N5O. The summed E-state index contributed by atoms with van der Waals surface area (Å²) in [6.45, 7) is 1.96. The van der Waals surface area contributed by atoms with Crippen LogP contribution < -0.4 is 5.56 Å². The molecule has 0 fully saturated rings. The molecule has 0 saturated carbocycles. The first-order chi connectivity index (χ1) is 7.25. The second kappa shape index (κ2) is 2.63. The summed E-state index contributed by atoms with van der Waals surface area (Å²) in [4.78, 5) is 14.2. The van der Waals surface area contributed by atoms with E-state index in [1.807, 2.05) is 19.1 Å². The summed E-state index contributed by atoms with van der Waals surface area (Å²) in [6.07, 6.45) is 0. The van der Waals surface area contributed by atoms with Crippen LogP contribution in [0.2, 0.25) is 0 Å². The van der Waals surface area contributed by atoms with Crippen LogP contribution in [0.4, 0.5) is 0 Å². The van der Waals surface area contributed by atoms with Crippen molar-refractivity contribution in [1.29, 1.82) is 0 Å². The number of hydrogen-bond donors (Lipinski definition) is 1. The Morgan fingerprint density at radius 2 is 2.27 bits per heavy atom. The topological polar surface area (TPSA) is 75.9 Å². The highest BCUT2D eigenvalue weighted by molar-refractivity contribution is 5.80. The van der Waals surface area contributed by atoms with Crippen molar-refractivity contribution in [3.05, 3.63) is 34.1 Å². The number of nitrogens with one attached hydrogen (secondary N) is 1. The molecule has 74 valence electrons. The molecule has 15 heavy (non-hydrogen) atoms. The standard InChI is InChI=1S/C9H7N5O/c1-5-2-3-6-7(4-5)14-9(10-8(6)15)11-12-13-14/h2-4H,1H3,(H,10,11,13,15). The molecule has 0 bridgehead atoms. The summed E-state index contributed by atoms with van der Waals surface area (Å²) in [6, 6.07) is 5.53. The van der Waals surface area contributed by atoms with Crippen LogP contribution in [0, 0.1) is 6.92 Å². The van der Waals surface area contributed by atoms with Crippen molar-refractivity contribution >= 4 is 16.7 Å². The first-order valence-corrected chi connectivity index (χ1v) is 4.46. The van der Waals surface area contributed by atoms with Gasteiger partial charge in [0.25, 0.3) is 11.3 Å². The Balaban J connectivity index is 2.69. The lowest BCUT2D eigenvalue weighted by molar-refractivity contribution is 0.839. The van der Waals surface area contributed by atoms with Gasteiger partial charge < -0.3 is 0 Å². The fourth-order valence-corrected chi connectivity index (χ4v) is 1.61. The van der Waals surface area contributed by atoms with E-state index in [0.717, 1.165) is 11.1 Å². The first kappa shape index (κ1) is 8.10. The van der Waals surface area contributed by atoms with Gasteiger partial charge in [0.2, 0.25) is 0 Å². The smallest absolute Gasteiger partial charge is 0.260 e. The Labute approximate surface area is 83.5 Å². The van der Waals surface area contributed by atoms with Gasteiger partial charge in [0.15, 0.2) is 0 Å². The highest BCUT2D eigenvalue weighted by Gasteiger charge is 2.06. The Morgan fingerprint density at radius 3 is 3.13 bits per heavy atom. The predicted molar refractivity (Wildman–Crippen MR) is 53.6 cm³/mol. The van der Waals surface area contributed by atoms with Crippen molar-refractivity contribution in [2.75, 3.05) is 0 Å². The zero-order valence-corrected chi connectivity index (χ0v) is 7.93. The summed E-state index contributed by atoms with van der Waals surface area (Å²) in [7, 11) is 0. The molecule has 2 aromatic heterocycles. The van der Waals surface area contributed by atoms with Crippen LogP contribution in [0.5, 0.6) is 0 Å². The molecule has 3 aromatic rings. The molecule has 6 nitrogen and oxygen atoms in total. The quantitative estimate of drug-likeness (QED) is 0.566. The van der Waals surface area contributed by atoms with Crippen molar-refractivity contribution in [1.82, 2.24) is 25.0 Å². The maximum absolute atomic E-state index is 11.6. The van der Waals surface area contributed by atoms with Gasteiger partial charge >= 0.3 is 0 Å². The van der Waals surface area contributed by atoms with E-state index >= 15 is 0 Å². The second-order valence-corrected chi connectivity index (χ2v) is 3.39. The summed E-state index contributed by atoms with van der Waals surface area (Å²) >= 11 is 0. The van der Waals surface area contributed by atoms with E-state index in [0.29, 0.717) is 11.2 Å². The van der Waals surface area contributed by atoms with Crippen LogP contribution in [0.25, 0.3) is 16.7 Å². The highest BCUT2D eigenvalue weighted by Crippen LogP contribution is 2.11. The molecule has 0 aliphatic heterocycles. The van der Waals surface area contributed by atoms with Crippen molar-refractivity contribution in [2.24, 2.45) is 0 Å². The lowest BCUT2D eigenvalue weighted by Gasteiger charge is -1.99.